The molecule has 0 bridgehead atoms. The van der Waals surface area contributed by atoms with Gasteiger partial charge in [0.15, 0.2) is 0 Å². The Bertz CT molecular complexity index is 1820. The SMILES string of the molecule is Cc1ccc(C(=O)N/C(=C/c2ccc(-c3cc(C(F)(F)F)ccc3Cl)o2)C(=O)NCc2nc3ccccc3n2C)cc1. The van der Waals surface area contributed by atoms with Crippen LogP contribution in [0.5, 0.6) is 0 Å². The third-order valence-corrected chi connectivity index (χ3v) is 6.90. The number of imidazole rings is 1. The van der Waals surface area contributed by atoms with Crippen molar-refractivity contribution in [3.05, 3.63) is 118 Å². The summed E-state index contributed by atoms with van der Waals surface area (Å²) in [7, 11) is 1.83. The van der Waals surface area contributed by atoms with Gasteiger partial charge in [0.2, 0.25) is 0 Å². The summed E-state index contributed by atoms with van der Waals surface area (Å²) in [6.45, 7) is 1.94. The molecule has 0 aliphatic carbocycles. The highest BCUT2D eigenvalue weighted by atomic mass is 35.5. The van der Waals surface area contributed by atoms with Gasteiger partial charge >= 0.3 is 6.18 Å². The van der Waals surface area contributed by atoms with Gasteiger partial charge < -0.3 is 19.6 Å². The van der Waals surface area contributed by atoms with Gasteiger partial charge in [-0.25, -0.2) is 4.98 Å². The van der Waals surface area contributed by atoms with E-state index in [0.29, 0.717) is 11.4 Å². The third-order valence-electron chi connectivity index (χ3n) is 6.57. The number of alkyl halides is 3. The second kappa shape index (κ2) is 11.6. The van der Waals surface area contributed by atoms with Gasteiger partial charge in [-0.1, -0.05) is 41.4 Å². The maximum absolute atomic E-state index is 13.3. The van der Waals surface area contributed by atoms with Crippen LogP contribution in [0, 0.1) is 6.92 Å². The number of carbonyl (C=O) groups is 2. The highest BCUT2D eigenvalue weighted by Crippen LogP contribution is 2.36. The van der Waals surface area contributed by atoms with Crippen LogP contribution >= 0.6 is 11.6 Å². The average molecular weight is 593 g/mol. The van der Waals surface area contributed by atoms with Gasteiger partial charge in [0, 0.05) is 24.3 Å². The topological polar surface area (TPSA) is 89.2 Å². The number of para-hydroxylation sites is 2. The molecule has 214 valence electrons. The predicted octanol–water partition coefficient (Wildman–Crippen LogP) is 6.90. The lowest BCUT2D eigenvalue weighted by Gasteiger charge is -2.11. The minimum absolute atomic E-state index is 0.0303. The fourth-order valence-corrected chi connectivity index (χ4v) is 4.48. The van der Waals surface area contributed by atoms with Gasteiger partial charge in [-0.15, -0.1) is 0 Å². The van der Waals surface area contributed by atoms with E-state index in [-0.39, 0.29) is 34.3 Å². The van der Waals surface area contributed by atoms with Crippen molar-refractivity contribution in [2.24, 2.45) is 7.05 Å². The first kappa shape index (κ1) is 28.7. The minimum Gasteiger partial charge on any atom is -0.457 e. The van der Waals surface area contributed by atoms with Crippen molar-refractivity contribution in [1.82, 2.24) is 20.2 Å². The number of carbonyl (C=O) groups excluding carboxylic acids is 2. The summed E-state index contributed by atoms with van der Waals surface area (Å²) >= 11 is 6.16. The molecule has 0 saturated heterocycles. The zero-order valence-corrected chi connectivity index (χ0v) is 23.2. The van der Waals surface area contributed by atoms with Crippen molar-refractivity contribution in [3.8, 4) is 11.3 Å². The number of nitrogens with one attached hydrogen (secondary N) is 2. The normalized spacial score (nSPS) is 12.0. The second-order valence-electron chi connectivity index (χ2n) is 9.53. The highest BCUT2D eigenvalue weighted by Gasteiger charge is 2.31. The number of benzene rings is 3. The van der Waals surface area contributed by atoms with E-state index in [2.05, 4.69) is 15.6 Å². The molecule has 2 amide bonds. The van der Waals surface area contributed by atoms with Crippen LogP contribution in [-0.2, 0) is 24.6 Å². The lowest BCUT2D eigenvalue weighted by atomic mass is 10.1. The zero-order chi connectivity index (χ0) is 30.0. The standard InChI is InChI=1S/C31H24ClF3N4O3/c1-18-7-9-19(10-8-18)29(40)38-25(30(41)36-17-28-37-24-5-3-4-6-26(24)39(28)2)16-21-12-14-27(42-21)22-15-20(31(33,34)35)11-13-23(22)32/h3-16H,17H2,1-2H3,(H,36,41)(H,38,40)/b25-16+. The van der Waals surface area contributed by atoms with E-state index in [4.69, 9.17) is 16.0 Å². The Morgan fingerprint density at radius 3 is 2.48 bits per heavy atom. The molecule has 2 N–H and O–H groups in total. The van der Waals surface area contributed by atoms with Crippen molar-refractivity contribution in [3.63, 3.8) is 0 Å². The molecule has 0 unspecified atom stereocenters. The number of nitrogens with zero attached hydrogens (tertiary/aromatic N) is 2. The molecule has 5 rings (SSSR count). The quantitative estimate of drug-likeness (QED) is 0.201. The second-order valence-corrected chi connectivity index (χ2v) is 9.94. The van der Waals surface area contributed by atoms with Crippen LogP contribution in [0.15, 0.2) is 89.0 Å². The number of fused-ring (bicyclic) bond motifs is 1. The number of furan rings is 1. The summed E-state index contributed by atoms with van der Waals surface area (Å²) in [6, 6.07) is 20.1. The van der Waals surface area contributed by atoms with E-state index >= 15 is 0 Å². The molecule has 11 heteroatoms. The lowest BCUT2D eigenvalue weighted by molar-refractivity contribution is -0.137. The third kappa shape index (κ3) is 6.23. The van der Waals surface area contributed by atoms with Gasteiger partial charge in [0.25, 0.3) is 11.8 Å². The van der Waals surface area contributed by atoms with E-state index in [1.54, 1.807) is 24.3 Å². The maximum Gasteiger partial charge on any atom is 0.416 e. The van der Waals surface area contributed by atoms with Crippen molar-refractivity contribution < 1.29 is 27.2 Å². The number of halogens is 4. The first-order chi connectivity index (χ1) is 20.0. The highest BCUT2D eigenvalue weighted by molar-refractivity contribution is 6.33. The van der Waals surface area contributed by atoms with Crippen LogP contribution < -0.4 is 10.6 Å². The van der Waals surface area contributed by atoms with E-state index in [1.807, 2.05) is 42.8 Å². The van der Waals surface area contributed by atoms with Crippen molar-refractivity contribution in [2.45, 2.75) is 19.6 Å². The summed E-state index contributed by atoms with van der Waals surface area (Å²) in [5.74, 6) is -0.408. The van der Waals surface area contributed by atoms with Crippen molar-refractivity contribution in [1.29, 1.82) is 0 Å². The van der Waals surface area contributed by atoms with E-state index in [9.17, 15) is 22.8 Å². The van der Waals surface area contributed by atoms with Crippen LogP contribution in [0.25, 0.3) is 28.4 Å². The lowest BCUT2D eigenvalue weighted by Crippen LogP contribution is -2.35. The Balaban J connectivity index is 1.44. The van der Waals surface area contributed by atoms with E-state index < -0.39 is 23.6 Å². The molecule has 0 fully saturated rings. The van der Waals surface area contributed by atoms with Crippen LogP contribution in [0.2, 0.25) is 5.02 Å². The first-order valence-electron chi connectivity index (χ1n) is 12.7. The molecular formula is C31H24ClF3N4O3. The van der Waals surface area contributed by atoms with Gasteiger partial charge in [-0.2, -0.15) is 13.2 Å². The van der Waals surface area contributed by atoms with Crippen LogP contribution in [-0.4, -0.2) is 21.4 Å². The summed E-state index contributed by atoms with van der Waals surface area (Å²) in [5, 5.41) is 5.44. The number of amides is 2. The molecule has 0 spiro atoms. The Hall–Kier alpha value is -4.83. The summed E-state index contributed by atoms with van der Waals surface area (Å²) < 4.78 is 47.4. The van der Waals surface area contributed by atoms with Crippen LogP contribution in [0.1, 0.15) is 33.1 Å². The van der Waals surface area contributed by atoms with Crippen LogP contribution in [0.4, 0.5) is 13.2 Å². The molecule has 3 aromatic carbocycles. The number of rotatable bonds is 7. The Morgan fingerprint density at radius 2 is 1.76 bits per heavy atom. The van der Waals surface area contributed by atoms with Gasteiger partial charge in [0.05, 0.1) is 28.2 Å². The van der Waals surface area contributed by atoms with Gasteiger partial charge in [-0.05, 0) is 61.5 Å². The molecule has 0 aliphatic heterocycles. The number of hydrogen-bond acceptors (Lipinski definition) is 4. The fraction of sp³-hybridized carbons (Fsp3) is 0.129. The molecule has 2 heterocycles. The number of aromatic nitrogens is 2. The average Bonchev–Trinajstić information content (AvgIpc) is 3.55. The Labute approximate surface area is 243 Å². The van der Waals surface area contributed by atoms with Gasteiger partial charge in [0.1, 0.15) is 23.0 Å². The predicted molar refractivity (Wildman–Crippen MR) is 153 cm³/mol. The monoisotopic (exact) mass is 592 g/mol. The minimum atomic E-state index is -4.57. The molecule has 5 aromatic rings. The molecule has 0 aliphatic rings. The van der Waals surface area contributed by atoms with Crippen LogP contribution in [0.3, 0.4) is 0 Å². The van der Waals surface area contributed by atoms with E-state index in [0.717, 1.165) is 34.8 Å². The molecule has 42 heavy (non-hydrogen) atoms. The summed E-state index contributed by atoms with van der Waals surface area (Å²) in [6.07, 6.45) is -3.28. The largest absolute Gasteiger partial charge is 0.457 e. The van der Waals surface area contributed by atoms with Crippen molar-refractivity contribution in [2.75, 3.05) is 0 Å². The number of aryl methyl sites for hydroxylation is 2. The zero-order valence-electron chi connectivity index (χ0n) is 22.4. The molecule has 0 saturated carbocycles. The number of hydrogen-bond donors (Lipinski definition) is 2. The maximum atomic E-state index is 13.3. The molecule has 7 nitrogen and oxygen atoms in total. The van der Waals surface area contributed by atoms with Gasteiger partial charge in [-0.3, -0.25) is 9.59 Å². The Morgan fingerprint density at radius 1 is 1.02 bits per heavy atom. The first-order valence-corrected chi connectivity index (χ1v) is 13.1. The molecular weight excluding hydrogens is 569 g/mol. The Kier molecular flexibility index (Phi) is 7.91. The molecule has 0 atom stereocenters. The summed E-state index contributed by atoms with van der Waals surface area (Å²) in [4.78, 5) is 30.9. The van der Waals surface area contributed by atoms with E-state index in [1.165, 1.54) is 18.2 Å². The fourth-order valence-electron chi connectivity index (χ4n) is 4.27. The smallest absolute Gasteiger partial charge is 0.416 e. The molecule has 2 aromatic heterocycles. The summed E-state index contributed by atoms with van der Waals surface area (Å²) in [5.41, 5.74) is 1.94. The molecule has 0 radical (unpaired) electrons. The van der Waals surface area contributed by atoms with Crippen molar-refractivity contribution >= 4 is 40.5 Å².